The van der Waals surface area contributed by atoms with Gasteiger partial charge in [-0.1, -0.05) is 6.07 Å². The van der Waals surface area contributed by atoms with Crippen LogP contribution in [0.15, 0.2) is 23.2 Å². The molecule has 0 aliphatic carbocycles. The van der Waals surface area contributed by atoms with Gasteiger partial charge in [-0.15, -0.1) is 0 Å². The lowest BCUT2D eigenvalue weighted by molar-refractivity contribution is 0.413. The smallest absolute Gasteiger partial charge is 0.235 e. The zero-order valence-corrected chi connectivity index (χ0v) is 7.65. The molecule has 0 heterocycles. The SMILES string of the molecule is COc1cc(CN=C=O)ccc1C#N. The summed E-state index contributed by atoms with van der Waals surface area (Å²) >= 11 is 0. The van der Waals surface area contributed by atoms with Gasteiger partial charge in [-0.05, 0) is 17.7 Å². The number of aliphatic imine (C=N–C) groups is 1. The molecule has 1 rings (SSSR count). The third-order valence-electron chi connectivity index (χ3n) is 1.71. The fourth-order valence-electron chi connectivity index (χ4n) is 1.05. The molecule has 0 bridgehead atoms. The zero-order chi connectivity index (χ0) is 10.4. The van der Waals surface area contributed by atoms with Crippen LogP contribution in [0.3, 0.4) is 0 Å². The minimum Gasteiger partial charge on any atom is -0.495 e. The molecule has 0 spiro atoms. The molecule has 1 aromatic rings. The highest BCUT2D eigenvalue weighted by Crippen LogP contribution is 2.19. The van der Waals surface area contributed by atoms with Crippen LogP contribution in [-0.2, 0) is 11.3 Å². The van der Waals surface area contributed by atoms with E-state index in [-0.39, 0.29) is 6.54 Å². The van der Waals surface area contributed by atoms with E-state index < -0.39 is 0 Å². The third kappa shape index (κ3) is 2.19. The summed E-state index contributed by atoms with van der Waals surface area (Å²) in [6.07, 6.45) is 1.45. The highest BCUT2D eigenvalue weighted by molar-refractivity contribution is 5.45. The molecule has 0 saturated carbocycles. The molecule has 0 unspecified atom stereocenters. The maximum absolute atomic E-state index is 9.88. The van der Waals surface area contributed by atoms with Gasteiger partial charge in [0, 0.05) is 0 Å². The first-order valence-electron chi connectivity index (χ1n) is 3.92. The fourth-order valence-corrected chi connectivity index (χ4v) is 1.05. The number of hydrogen-bond acceptors (Lipinski definition) is 4. The van der Waals surface area contributed by atoms with E-state index in [0.29, 0.717) is 11.3 Å². The van der Waals surface area contributed by atoms with Crippen molar-refractivity contribution in [3.63, 3.8) is 0 Å². The Morgan fingerprint density at radius 1 is 1.57 bits per heavy atom. The van der Waals surface area contributed by atoms with Crippen LogP contribution in [0.25, 0.3) is 0 Å². The van der Waals surface area contributed by atoms with E-state index in [0.717, 1.165) is 5.56 Å². The molecular weight excluding hydrogens is 180 g/mol. The lowest BCUT2D eigenvalue weighted by atomic mass is 10.1. The number of benzene rings is 1. The van der Waals surface area contributed by atoms with Crippen molar-refractivity contribution in [2.45, 2.75) is 6.54 Å². The Balaban J connectivity index is 3.02. The first-order valence-corrected chi connectivity index (χ1v) is 3.92. The number of methoxy groups -OCH3 is 1. The first-order chi connectivity index (χ1) is 6.81. The second kappa shape index (κ2) is 4.80. The van der Waals surface area contributed by atoms with Crippen molar-refractivity contribution in [2.75, 3.05) is 7.11 Å². The molecule has 4 nitrogen and oxygen atoms in total. The molecule has 0 fully saturated rings. The second-order valence-electron chi connectivity index (χ2n) is 2.55. The fraction of sp³-hybridized carbons (Fsp3) is 0.200. The topological polar surface area (TPSA) is 62.4 Å². The Kier molecular flexibility index (Phi) is 3.42. The van der Waals surface area contributed by atoms with E-state index in [1.54, 1.807) is 18.2 Å². The number of carbonyl (C=O) groups excluding carboxylic acids is 1. The predicted molar refractivity (Wildman–Crippen MR) is 49.5 cm³/mol. The Hall–Kier alpha value is -2.11. The van der Waals surface area contributed by atoms with Crippen LogP contribution in [0, 0.1) is 11.3 Å². The van der Waals surface area contributed by atoms with Gasteiger partial charge in [0.25, 0.3) is 0 Å². The van der Waals surface area contributed by atoms with Crippen molar-refractivity contribution < 1.29 is 9.53 Å². The zero-order valence-electron chi connectivity index (χ0n) is 7.65. The van der Waals surface area contributed by atoms with Crippen LogP contribution < -0.4 is 4.74 Å². The summed E-state index contributed by atoms with van der Waals surface area (Å²) in [5.41, 5.74) is 1.27. The van der Waals surface area contributed by atoms with Gasteiger partial charge in [-0.2, -0.15) is 5.26 Å². The predicted octanol–water partition coefficient (Wildman–Crippen LogP) is 1.40. The van der Waals surface area contributed by atoms with Crippen molar-refractivity contribution in [3.8, 4) is 11.8 Å². The van der Waals surface area contributed by atoms with Gasteiger partial charge >= 0.3 is 0 Å². The van der Waals surface area contributed by atoms with Crippen molar-refractivity contribution in [1.82, 2.24) is 0 Å². The number of isocyanates is 1. The Morgan fingerprint density at radius 2 is 2.36 bits per heavy atom. The molecule has 0 N–H and O–H groups in total. The maximum atomic E-state index is 9.88. The lowest BCUT2D eigenvalue weighted by Crippen LogP contribution is -1.90. The highest BCUT2D eigenvalue weighted by Gasteiger charge is 2.02. The van der Waals surface area contributed by atoms with Gasteiger partial charge in [0.15, 0.2) is 0 Å². The number of rotatable bonds is 3. The van der Waals surface area contributed by atoms with E-state index >= 15 is 0 Å². The normalized spacial score (nSPS) is 8.57. The summed E-state index contributed by atoms with van der Waals surface area (Å²) in [5.74, 6) is 0.492. The standard InChI is InChI=1S/C10H8N2O2/c1-14-10-4-8(6-12-7-13)2-3-9(10)5-11/h2-4H,6H2,1H3. The van der Waals surface area contributed by atoms with Crippen molar-refractivity contribution in [1.29, 1.82) is 5.26 Å². The summed E-state index contributed by atoms with van der Waals surface area (Å²) in [4.78, 5) is 13.3. The quantitative estimate of drug-likeness (QED) is 0.532. The number of ether oxygens (including phenoxy) is 1. The van der Waals surface area contributed by atoms with E-state index in [2.05, 4.69) is 4.99 Å². The van der Waals surface area contributed by atoms with Crippen LogP contribution in [0.5, 0.6) is 5.75 Å². The van der Waals surface area contributed by atoms with Crippen LogP contribution >= 0.6 is 0 Å². The van der Waals surface area contributed by atoms with Gasteiger partial charge in [0.05, 0.1) is 19.2 Å². The molecule has 0 aliphatic heterocycles. The van der Waals surface area contributed by atoms with Crippen LogP contribution in [0.1, 0.15) is 11.1 Å². The molecule has 0 amide bonds. The van der Waals surface area contributed by atoms with Crippen molar-refractivity contribution >= 4 is 6.08 Å². The lowest BCUT2D eigenvalue weighted by Gasteiger charge is -2.03. The molecule has 4 heteroatoms. The highest BCUT2D eigenvalue weighted by atomic mass is 16.5. The van der Waals surface area contributed by atoms with Gasteiger partial charge in [-0.3, -0.25) is 0 Å². The van der Waals surface area contributed by atoms with Crippen LogP contribution in [-0.4, -0.2) is 13.2 Å². The van der Waals surface area contributed by atoms with E-state index in [9.17, 15) is 4.79 Å². The Labute approximate surface area is 81.5 Å². The average Bonchev–Trinajstić information content (AvgIpc) is 2.25. The maximum Gasteiger partial charge on any atom is 0.235 e. The molecule has 0 aliphatic rings. The van der Waals surface area contributed by atoms with E-state index in [4.69, 9.17) is 10.00 Å². The second-order valence-corrected chi connectivity index (χ2v) is 2.55. The molecule has 0 saturated heterocycles. The van der Waals surface area contributed by atoms with Gasteiger partial charge < -0.3 is 4.74 Å². The third-order valence-corrected chi connectivity index (χ3v) is 1.71. The average molecular weight is 188 g/mol. The van der Waals surface area contributed by atoms with Crippen molar-refractivity contribution in [2.24, 2.45) is 4.99 Å². The van der Waals surface area contributed by atoms with Gasteiger partial charge in [0.2, 0.25) is 6.08 Å². The summed E-state index contributed by atoms with van der Waals surface area (Å²) in [6.45, 7) is 0.256. The number of hydrogen-bond donors (Lipinski definition) is 0. The number of nitriles is 1. The van der Waals surface area contributed by atoms with E-state index in [1.807, 2.05) is 6.07 Å². The largest absolute Gasteiger partial charge is 0.495 e. The monoisotopic (exact) mass is 188 g/mol. The Bertz CT molecular complexity index is 415. The van der Waals surface area contributed by atoms with Gasteiger partial charge in [-0.25, -0.2) is 9.79 Å². The van der Waals surface area contributed by atoms with Crippen LogP contribution in [0.2, 0.25) is 0 Å². The summed E-state index contributed by atoms with van der Waals surface area (Å²) in [6, 6.07) is 7.03. The van der Waals surface area contributed by atoms with E-state index in [1.165, 1.54) is 13.2 Å². The molecule has 1 aromatic carbocycles. The molecule has 0 aromatic heterocycles. The number of nitrogens with zero attached hydrogens (tertiary/aromatic N) is 2. The summed E-state index contributed by atoms with van der Waals surface area (Å²) in [7, 11) is 1.49. The van der Waals surface area contributed by atoms with Crippen molar-refractivity contribution in [3.05, 3.63) is 29.3 Å². The first kappa shape index (κ1) is 9.97. The van der Waals surface area contributed by atoms with Crippen LogP contribution in [0.4, 0.5) is 0 Å². The Morgan fingerprint density at radius 3 is 2.93 bits per heavy atom. The molecule has 70 valence electrons. The summed E-state index contributed by atoms with van der Waals surface area (Å²) < 4.78 is 4.99. The summed E-state index contributed by atoms with van der Waals surface area (Å²) in [5, 5.41) is 8.70. The minimum atomic E-state index is 0.256. The minimum absolute atomic E-state index is 0.256. The molecule has 14 heavy (non-hydrogen) atoms. The molecule has 0 radical (unpaired) electrons. The van der Waals surface area contributed by atoms with Gasteiger partial charge in [0.1, 0.15) is 11.8 Å². The molecule has 0 atom stereocenters. The molecular formula is C10H8N2O2.